The number of aromatic nitrogens is 3. The molecule has 0 radical (unpaired) electrons. The summed E-state index contributed by atoms with van der Waals surface area (Å²) in [5.41, 5.74) is 3.02. The molecule has 0 saturated heterocycles. The molecule has 4 aromatic rings. The number of aromatic amines is 1. The summed E-state index contributed by atoms with van der Waals surface area (Å²) in [6.45, 7) is 1.07. The molecule has 0 atom stereocenters. The first-order valence-corrected chi connectivity index (χ1v) is 12.0. The van der Waals surface area contributed by atoms with E-state index in [2.05, 4.69) is 19.3 Å². The van der Waals surface area contributed by atoms with Gasteiger partial charge in [0.05, 0.1) is 17.4 Å². The van der Waals surface area contributed by atoms with Gasteiger partial charge in [-0.3, -0.25) is 5.10 Å². The topological polar surface area (TPSA) is 80.2 Å². The Bertz CT molecular complexity index is 1400. The Morgan fingerprint density at radius 2 is 1.90 bits per heavy atom. The van der Waals surface area contributed by atoms with Crippen LogP contribution in [0.4, 0.5) is 14.6 Å². The molecule has 0 aliphatic carbocycles. The van der Waals surface area contributed by atoms with Crippen molar-refractivity contribution >= 4 is 37.2 Å². The highest BCUT2D eigenvalue weighted by molar-refractivity contribution is 7.92. The predicted molar refractivity (Wildman–Crippen MR) is 120 cm³/mol. The third-order valence-corrected chi connectivity index (χ3v) is 5.38. The first-order valence-electron chi connectivity index (χ1n) is 9.65. The van der Waals surface area contributed by atoms with E-state index in [0.717, 1.165) is 27.5 Å². The van der Waals surface area contributed by atoms with Crippen LogP contribution in [-0.2, 0) is 9.73 Å². The van der Waals surface area contributed by atoms with E-state index in [9.17, 15) is 13.0 Å². The minimum Gasteiger partial charge on any atom is -0.435 e. The van der Waals surface area contributed by atoms with E-state index < -0.39 is 16.3 Å². The van der Waals surface area contributed by atoms with Crippen LogP contribution in [0.1, 0.15) is 25.5 Å². The molecule has 31 heavy (non-hydrogen) atoms. The maximum atomic E-state index is 12.8. The van der Waals surface area contributed by atoms with Crippen LogP contribution in [0.3, 0.4) is 0 Å². The van der Waals surface area contributed by atoms with Gasteiger partial charge in [-0.25, -0.2) is 9.19 Å². The second kappa shape index (κ2) is 7.88. The summed E-state index contributed by atoms with van der Waals surface area (Å²) in [5, 5.41) is 9.44. The molecule has 2 aromatic heterocycles. The maximum absolute atomic E-state index is 12.8. The number of alkyl halides is 2. The van der Waals surface area contributed by atoms with Crippen molar-refractivity contribution in [3.8, 4) is 16.9 Å². The molecule has 4 rings (SSSR count). The third-order valence-electron chi connectivity index (χ3n) is 4.77. The van der Waals surface area contributed by atoms with Gasteiger partial charge in [0.1, 0.15) is 5.75 Å². The molecule has 1 N–H and O–H groups in total. The van der Waals surface area contributed by atoms with Crippen molar-refractivity contribution in [1.82, 2.24) is 15.2 Å². The van der Waals surface area contributed by atoms with E-state index in [-0.39, 0.29) is 11.7 Å². The fourth-order valence-electron chi connectivity index (χ4n) is 3.58. The Hall–Kier alpha value is -3.07. The molecule has 0 saturated carbocycles. The summed E-state index contributed by atoms with van der Waals surface area (Å²) in [5.74, 6) is 0.449. The average molecular weight is 445 g/mol. The molecule has 2 heterocycles. The minimum absolute atomic E-state index is 0.00201. The van der Waals surface area contributed by atoms with Crippen LogP contribution in [-0.4, -0.2) is 38.5 Å². The van der Waals surface area contributed by atoms with Gasteiger partial charge in [0.2, 0.25) is 0 Å². The van der Waals surface area contributed by atoms with Crippen molar-refractivity contribution in [3.63, 3.8) is 0 Å². The van der Waals surface area contributed by atoms with Crippen LogP contribution in [0.25, 0.3) is 32.8 Å². The number of rotatable bonds is 5. The van der Waals surface area contributed by atoms with Gasteiger partial charge in [-0.15, -0.1) is 0 Å². The zero-order chi connectivity index (χ0) is 22.3. The summed E-state index contributed by atoms with van der Waals surface area (Å²) < 4.78 is 47.1. The van der Waals surface area contributed by atoms with E-state index in [1.54, 1.807) is 30.8 Å². The molecule has 0 amide bonds. The van der Waals surface area contributed by atoms with Gasteiger partial charge >= 0.3 is 6.61 Å². The van der Waals surface area contributed by atoms with Gasteiger partial charge in [0.25, 0.3) is 0 Å². The van der Waals surface area contributed by atoms with Gasteiger partial charge in [0.15, 0.2) is 5.82 Å². The molecule has 0 aliphatic heterocycles. The monoisotopic (exact) mass is 444 g/mol. The summed E-state index contributed by atoms with van der Waals surface area (Å²) in [4.78, 5) is 4.77. The van der Waals surface area contributed by atoms with Gasteiger partial charge in [-0.05, 0) is 41.1 Å². The number of hydrogen-bond acceptors (Lipinski definition) is 5. The highest BCUT2D eigenvalue weighted by Gasteiger charge is 2.20. The van der Waals surface area contributed by atoms with Crippen LogP contribution in [0.2, 0.25) is 0 Å². The first-order chi connectivity index (χ1) is 14.6. The summed E-state index contributed by atoms with van der Waals surface area (Å²) in [6, 6.07) is 10.4. The standard InChI is InChI=1S/C22H22F2N4O2S/c1-12(2)20-19(13-6-5-7-15(8-13)30-22(23)24)16-9-14-11-25-27-18(14)10-17(16)21(26-20)28-31(3,4)29/h5-12,22H,1-4H3,(H,25,27). The summed E-state index contributed by atoms with van der Waals surface area (Å²) in [7, 11) is -2.47. The molecule has 2 aromatic carbocycles. The van der Waals surface area contributed by atoms with Crippen LogP contribution in [0.5, 0.6) is 5.75 Å². The zero-order valence-corrected chi connectivity index (χ0v) is 18.3. The SMILES string of the molecule is CC(C)c1nc(N=S(C)(C)=O)c2cc3[nH]ncc3cc2c1-c1cccc(OC(F)F)c1. The maximum Gasteiger partial charge on any atom is 0.387 e. The van der Waals surface area contributed by atoms with E-state index >= 15 is 0 Å². The number of ether oxygens (including phenoxy) is 1. The number of benzene rings is 2. The normalized spacial score (nSPS) is 12.3. The second-order valence-corrected chi connectivity index (χ2v) is 10.4. The molecule has 9 heteroatoms. The van der Waals surface area contributed by atoms with Crippen LogP contribution in [0, 0.1) is 0 Å². The Morgan fingerprint density at radius 1 is 1.13 bits per heavy atom. The molecule has 0 unspecified atom stereocenters. The van der Waals surface area contributed by atoms with Gasteiger partial charge < -0.3 is 4.74 Å². The Balaban J connectivity index is 2.12. The van der Waals surface area contributed by atoms with Crippen molar-refractivity contribution in [2.24, 2.45) is 4.36 Å². The van der Waals surface area contributed by atoms with Crippen LogP contribution >= 0.6 is 0 Å². The quantitative estimate of drug-likeness (QED) is 0.418. The van der Waals surface area contributed by atoms with Crippen molar-refractivity contribution in [2.75, 3.05) is 12.5 Å². The highest BCUT2D eigenvalue weighted by atomic mass is 32.2. The number of fused-ring (bicyclic) bond motifs is 2. The zero-order valence-electron chi connectivity index (χ0n) is 17.5. The predicted octanol–water partition coefficient (Wildman–Crippen LogP) is 5.86. The smallest absolute Gasteiger partial charge is 0.387 e. The molecule has 6 nitrogen and oxygen atoms in total. The molecular formula is C22H22F2N4O2S. The van der Waals surface area contributed by atoms with Gasteiger partial charge in [0, 0.05) is 38.6 Å². The Labute approximate surface area is 178 Å². The fraction of sp³-hybridized carbons (Fsp3) is 0.273. The lowest BCUT2D eigenvalue weighted by Gasteiger charge is -2.18. The molecule has 162 valence electrons. The van der Waals surface area contributed by atoms with Crippen molar-refractivity contribution in [3.05, 3.63) is 48.3 Å². The molecule has 0 bridgehead atoms. The molecular weight excluding hydrogens is 422 g/mol. The van der Waals surface area contributed by atoms with E-state index in [4.69, 9.17) is 4.98 Å². The Morgan fingerprint density at radius 3 is 2.58 bits per heavy atom. The van der Waals surface area contributed by atoms with Crippen LogP contribution in [0.15, 0.2) is 47.0 Å². The number of hydrogen-bond donors (Lipinski definition) is 1. The lowest BCUT2D eigenvalue weighted by Crippen LogP contribution is -2.03. The summed E-state index contributed by atoms with van der Waals surface area (Å²) >= 11 is 0. The second-order valence-electron chi connectivity index (χ2n) is 7.88. The fourth-order valence-corrected chi connectivity index (χ4v) is 4.13. The lowest BCUT2D eigenvalue weighted by molar-refractivity contribution is -0.0498. The molecule has 0 spiro atoms. The van der Waals surface area contributed by atoms with Crippen LogP contribution < -0.4 is 4.74 Å². The van der Waals surface area contributed by atoms with Gasteiger partial charge in [-0.2, -0.15) is 18.2 Å². The number of nitrogens with zero attached hydrogens (tertiary/aromatic N) is 3. The average Bonchev–Trinajstić information content (AvgIpc) is 3.12. The van der Waals surface area contributed by atoms with Crippen molar-refractivity contribution < 1.29 is 17.7 Å². The van der Waals surface area contributed by atoms with Crippen molar-refractivity contribution in [1.29, 1.82) is 0 Å². The molecule has 0 fully saturated rings. The van der Waals surface area contributed by atoms with Crippen molar-refractivity contribution in [2.45, 2.75) is 26.4 Å². The number of pyridine rings is 1. The largest absolute Gasteiger partial charge is 0.435 e. The third kappa shape index (κ3) is 4.36. The number of halogens is 2. The first kappa shape index (κ1) is 21.2. The van der Waals surface area contributed by atoms with E-state index in [1.807, 2.05) is 32.0 Å². The number of H-pyrrole nitrogens is 1. The van der Waals surface area contributed by atoms with Gasteiger partial charge in [-0.1, -0.05) is 26.0 Å². The highest BCUT2D eigenvalue weighted by Crippen LogP contribution is 2.41. The lowest BCUT2D eigenvalue weighted by atomic mass is 9.92. The molecule has 0 aliphatic rings. The minimum atomic E-state index is -2.91. The van der Waals surface area contributed by atoms with E-state index in [0.29, 0.717) is 16.8 Å². The summed E-state index contributed by atoms with van der Waals surface area (Å²) in [6.07, 6.45) is 4.83. The van der Waals surface area contributed by atoms with E-state index in [1.165, 1.54) is 6.07 Å². The number of nitrogens with one attached hydrogen (secondary N) is 1. The Kier molecular flexibility index (Phi) is 5.38.